The largest absolute Gasteiger partial charge is 0.394 e. The Kier molecular flexibility index (Phi) is 3.43. The highest BCUT2D eigenvalue weighted by Crippen LogP contribution is 2.27. The lowest BCUT2D eigenvalue weighted by atomic mass is 9.93. The molecule has 0 aromatic rings. The monoisotopic (exact) mass is 210 g/mol. The average Bonchev–Trinajstić information content (AvgIpc) is 2.20. The summed E-state index contributed by atoms with van der Waals surface area (Å²) in [6.07, 6.45) is -6.27. The lowest BCUT2D eigenvalue weighted by molar-refractivity contribution is -0.357. The van der Waals surface area contributed by atoms with Gasteiger partial charge in [-0.1, -0.05) is 0 Å². The molecular formula is C7H14O7. The first-order chi connectivity index (χ1) is 6.46. The fraction of sp³-hybridized carbons (Fsp3) is 1.00. The highest BCUT2D eigenvalue weighted by atomic mass is 16.7. The van der Waals surface area contributed by atoms with Crippen molar-refractivity contribution in [3.63, 3.8) is 0 Å². The molecule has 0 aliphatic carbocycles. The smallest absolute Gasteiger partial charge is 0.219 e. The second-order valence-corrected chi connectivity index (χ2v) is 3.27. The van der Waals surface area contributed by atoms with E-state index >= 15 is 0 Å². The molecule has 0 aromatic heterocycles. The Bertz CT molecular complexity index is 196. The van der Waals surface area contributed by atoms with Crippen molar-refractivity contribution in [1.82, 2.24) is 0 Å². The van der Waals surface area contributed by atoms with Crippen molar-refractivity contribution in [3.05, 3.63) is 0 Å². The molecule has 14 heavy (non-hydrogen) atoms. The Morgan fingerprint density at radius 3 is 2.07 bits per heavy atom. The van der Waals surface area contributed by atoms with Gasteiger partial charge in [0.1, 0.15) is 24.4 Å². The van der Waals surface area contributed by atoms with Gasteiger partial charge in [-0.15, -0.1) is 0 Å². The summed E-state index contributed by atoms with van der Waals surface area (Å²) in [7, 11) is 0. The van der Waals surface area contributed by atoms with Gasteiger partial charge in [0.25, 0.3) is 0 Å². The fourth-order valence-electron chi connectivity index (χ4n) is 1.35. The van der Waals surface area contributed by atoms with Crippen LogP contribution in [-0.2, 0) is 4.74 Å². The van der Waals surface area contributed by atoms with Crippen molar-refractivity contribution in [3.8, 4) is 0 Å². The molecule has 84 valence electrons. The van der Waals surface area contributed by atoms with Gasteiger partial charge in [-0.25, -0.2) is 0 Å². The molecule has 0 unspecified atom stereocenters. The van der Waals surface area contributed by atoms with Crippen LogP contribution in [0.25, 0.3) is 0 Å². The molecule has 0 bridgehead atoms. The first kappa shape index (κ1) is 11.8. The average molecular weight is 210 g/mol. The Morgan fingerprint density at radius 1 is 1.07 bits per heavy atom. The SMILES string of the molecule is OC[C@H]1O[C@@](O)(CO)[C@@H](O)[C@@H](O)[C@@H]1O. The van der Waals surface area contributed by atoms with Crippen LogP contribution in [0.5, 0.6) is 0 Å². The molecule has 5 atom stereocenters. The van der Waals surface area contributed by atoms with Gasteiger partial charge in [0.05, 0.1) is 13.2 Å². The zero-order chi connectivity index (χ0) is 10.9. The molecule has 1 saturated heterocycles. The maximum atomic E-state index is 9.43. The molecule has 1 aliphatic rings. The molecular weight excluding hydrogens is 196 g/mol. The maximum Gasteiger partial charge on any atom is 0.219 e. The van der Waals surface area contributed by atoms with E-state index in [4.69, 9.17) is 10.2 Å². The molecule has 1 aliphatic heterocycles. The molecule has 1 rings (SSSR count). The van der Waals surface area contributed by atoms with Crippen LogP contribution < -0.4 is 0 Å². The number of rotatable bonds is 2. The molecule has 0 aromatic carbocycles. The molecule has 0 amide bonds. The first-order valence-electron chi connectivity index (χ1n) is 4.12. The summed E-state index contributed by atoms with van der Waals surface area (Å²) in [6, 6.07) is 0. The van der Waals surface area contributed by atoms with Crippen molar-refractivity contribution < 1.29 is 35.4 Å². The summed E-state index contributed by atoms with van der Waals surface area (Å²) in [5.74, 6) is -2.36. The predicted octanol–water partition coefficient (Wildman–Crippen LogP) is -3.86. The minimum atomic E-state index is -2.36. The molecule has 0 saturated carbocycles. The van der Waals surface area contributed by atoms with Crippen molar-refractivity contribution >= 4 is 0 Å². The van der Waals surface area contributed by atoms with Crippen LogP contribution in [0, 0.1) is 0 Å². The van der Waals surface area contributed by atoms with Gasteiger partial charge in [-0.05, 0) is 0 Å². The third kappa shape index (κ3) is 1.75. The molecule has 1 heterocycles. The van der Waals surface area contributed by atoms with Crippen LogP contribution in [0.4, 0.5) is 0 Å². The summed E-state index contributed by atoms with van der Waals surface area (Å²) in [6.45, 7) is -1.60. The van der Waals surface area contributed by atoms with Crippen molar-refractivity contribution in [2.24, 2.45) is 0 Å². The second kappa shape index (κ2) is 4.07. The predicted molar refractivity (Wildman–Crippen MR) is 42.0 cm³/mol. The molecule has 7 nitrogen and oxygen atoms in total. The number of ether oxygens (including phenoxy) is 1. The van der Waals surface area contributed by atoms with E-state index in [2.05, 4.69) is 4.74 Å². The summed E-state index contributed by atoms with van der Waals surface area (Å²) >= 11 is 0. The number of hydrogen-bond donors (Lipinski definition) is 6. The summed E-state index contributed by atoms with van der Waals surface area (Å²) in [4.78, 5) is 0. The first-order valence-corrected chi connectivity index (χ1v) is 4.12. The van der Waals surface area contributed by atoms with Gasteiger partial charge in [0.2, 0.25) is 5.79 Å². The number of aliphatic hydroxyl groups is 6. The van der Waals surface area contributed by atoms with E-state index in [1.165, 1.54) is 0 Å². The van der Waals surface area contributed by atoms with Gasteiger partial charge in [-0.3, -0.25) is 0 Å². The standard InChI is InChI=1S/C7H14O7/c8-1-3-4(10)5(11)6(12)7(13,2-9)14-3/h3-6,8-13H,1-2H2/t3-,4-,5+,6+,7+/m1/s1. The third-order valence-electron chi connectivity index (χ3n) is 2.28. The van der Waals surface area contributed by atoms with Crippen LogP contribution in [0.2, 0.25) is 0 Å². The van der Waals surface area contributed by atoms with Gasteiger partial charge in [-0.2, -0.15) is 0 Å². The van der Waals surface area contributed by atoms with Crippen LogP contribution in [0.3, 0.4) is 0 Å². The Hall–Kier alpha value is -0.280. The minimum Gasteiger partial charge on any atom is -0.394 e. The van der Waals surface area contributed by atoms with Crippen LogP contribution >= 0.6 is 0 Å². The van der Waals surface area contributed by atoms with E-state index in [9.17, 15) is 20.4 Å². The molecule has 0 spiro atoms. The Balaban J connectivity index is 2.84. The highest BCUT2D eigenvalue weighted by molar-refractivity contribution is 4.95. The summed E-state index contributed by atoms with van der Waals surface area (Å²) in [5, 5.41) is 54.6. The molecule has 7 heteroatoms. The Morgan fingerprint density at radius 2 is 1.64 bits per heavy atom. The highest BCUT2D eigenvalue weighted by Gasteiger charge is 2.52. The fourth-order valence-corrected chi connectivity index (χ4v) is 1.35. The van der Waals surface area contributed by atoms with E-state index < -0.39 is 43.4 Å². The van der Waals surface area contributed by atoms with Crippen molar-refractivity contribution in [2.45, 2.75) is 30.2 Å². The molecule has 6 N–H and O–H groups in total. The minimum absolute atomic E-state index is 0.646. The van der Waals surface area contributed by atoms with Gasteiger partial charge in [0, 0.05) is 0 Å². The normalized spacial score (nSPS) is 49.3. The van der Waals surface area contributed by atoms with Gasteiger partial charge < -0.3 is 35.4 Å². The topological polar surface area (TPSA) is 131 Å². The second-order valence-electron chi connectivity index (χ2n) is 3.27. The van der Waals surface area contributed by atoms with E-state index in [0.29, 0.717) is 0 Å². The van der Waals surface area contributed by atoms with Crippen LogP contribution in [-0.4, -0.2) is 74.1 Å². The maximum absolute atomic E-state index is 9.43. The van der Waals surface area contributed by atoms with E-state index in [1.807, 2.05) is 0 Å². The molecule has 0 radical (unpaired) electrons. The van der Waals surface area contributed by atoms with Gasteiger partial charge >= 0.3 is 0 Å². The van der Waals surface area contributed by atoms with E-state index in [0.717, 1.165) is 0 Å². The summed E-state index contributed by atoms with van der Waals surface area (Å²) < 4.78 is 4.66. The zero-order valence-corrected chi connectivity index (χ0v) is 7.32. The third-order valence-corrected chi connectivity index (χ3v) is 2.28. The summed E-state index contributed by atoms with van der Waals surface area (Å²) in [5.41, 5.74) is 0. The van der Waals surface area contributed by atoms with Crippen LogP contribution in [0.15, 0.2) is 0 Å². The molecule has 1 fully saturated rings. The quantitative estimate of drug-likeness (QED) is 0.275. The lowest BCUT2D eigenvalue weighted by Gasteiger charge is -2.44. The van der Waals surface area contributed by atoms with E-state index in [-0.39, 0.29) is 0 Å². The number of aliphatic hydroxyl groups excluding tert-OH is 5. The zero-order valence-electron chi connectivity index (χ0n) is 7.32. The van der Waals surface area contributed by atoms with Crippen molar-refractivity contribution in [1.29, 1.82) is 0 Å². The van der Waals surface area contributed by atoms with Crippen LogP contribution in [0.1, 0.15) is 0 Å². The van der Waals surface area contributed by atoms with E-state index in [1.54, 1.807) is 0 Å². The van der Waals surface area contributed by atoms with Crippen molar-refractivity contribution in [2.75, 3.05) is 13.2 Å². The Labute approximate surface area is 79.8 Å². The van der Waals surface area contributed by atoms with Gasteiger partial charge in [0.15, 0.2) is 0 Å². The number of hydrogen-bond acceptors (Lipinski definition) is 7. The lowest BCUT2D eigenvalue weighted by Crippen LogP contribution is -2.66.